The second-order valence-electron chi connectivity index (χ2n) is 8.21. The summed E-state index contributed by atoms with van der Waals surface area (Å²) >= 11 is 0. The number of piperazine rings is 2. The Hall–Kier alpha value is -0.940. The first-order valence-electron chi connectivity index (χ1n) is 10.7. The molecule has 0 saturated carbocycles. The SMILES string of the molecule is CCNC(=NCC1CN(C)CCN1C)N1CCN(S(=O)(=O)CCOC(C)C)CC1. The van der Waals surface area contributed by atoms with E-state index < -0.39 is 10.0 Å². The second-order valence-corrected chi connectivity index (χ2v) is 10.3. The Kier molecular flexibility index (Phi) is 9.61. The zero-order chi connectivity index (χ0) is 21.4. The molecule has 1 N–H and O–H groups in total. The fraction of sp³-hybridized carbons (Fsp3) is 0.947. The van der Waals surface area contributed by atoms with Crippen LogP contribution in [0.25, 0.3) is 0 Å². The Labute approximate surface area is 177 Å². The summed E-state index contributed by atoms with van der Waals surface area (Å²) in [5.74, 6) is 0.926. The number of hydrogen-bond acceptors (Lipinski definition) is 6. The molecule has 2 aliphatic heterocycles. The molecule has 0 radical (unpaired) electrons. The smallest absolute Gasteiger partial charge is 0.216 e. The Balaban J connectivity index is 1.90. The van der Waals surface area contributed by atoms with E-state index in [1.54, 1.807) is 4.31 Å². The third-order valence-electron chi connectivity index (χ3n) is 5.49. The first kappa shape index (κ1) is 24.3. The molecule has 1 unspecified atom stereocenters. The first-order chi connectivity index (χ1) is 13.7. The predicted octanol–water partition coefficient (Wildman–Crippen LogP) is -0.430. The highest BCUT2D eigenvalue weighted by atomic mass is 32.2. The highest BCUT2D eigenvalue weighted by Crippen LogP contribution is 2.10. The number of nitrogens with zero attached hydrogens (tertiary/aromatic N) is 5. The summed E-state index contributed by atoms with van der Waals surface area (Å²) in [5, 5.41) is 3.37. The summed E-state index contributed by atoms with van der Waals surface area (Å²) in [6, 6.07) is 0.407. The van der Waals surface area contributed by atoms with Crippen molar-refractivity contribution in [1.82, 2.24) is 24.3 Å². The van der Waals surface area contributed by atoms with Crippen LogP contribution < -0.4 is 5.32 Å². The predicted molar refractivity (Wildman–Crippen MR) is 118 cm³/mol. The number of ether oxygens (including phenoxy) is 1. The quantitative estimate of drug-likeness (QED) is 0.412. The zero-order valence-electron chi connectivity index (χ0n) is 18.8. The van der Waals surface area contributed by atoms with Crippen molar-refractivity contribution in [2.24, 2.45) is 4.99 Å². The topological polar surface area (TPSA) is 80.7 Å². The van der Waals surface area contributed by atoms with Crippen molar-refractivity contribution in [2.75, 3.05) is 85.4 Å². The first-order valence-corrected chi connectivity index (χ1v) is 12.3. The molecule has 0 aromatic heterocycles. The van der Waals surface area contributed by atoms with Crippen LogP contribution >= 0.6 is 0 Å². The Morgan fingerprint density at radius 2 is 1.83 bits per heavy atom. The minimum atomic E-state index is -3.27. The number of nitrogens with one attached hydrogen (secondary N) is 1. The fourth-order valence-corrected chi connectivity index (χ4v) is 4.90. The van der Waals surface area contributed by atoms with Crippen LogP contribution in [0.15, 0.2) is 4.99 Å². The van der Waals surface area contributed by atoms with Crippen molar-refractivity contribution < 1.29 is 13.2 Å². The van der Waals surface area contributed by atoms with Gasteiger partial charge in [0.05, 0.1) is 25.0 Å². The highest BCUT2D eigenvalue weighted by molar-refractivity contribution is 7.89. The van der Waals surface area contributed by atoms with Crippen LogP contribution in [-0.4, -0.2) is 131 Å². The maximum atomic E-state index is 12.5. The molecule has 0 aromatic carbocycles. The molecule has 170 valence electrons. The van der Waals surface area contributed by atoms with Gasteiger partial charge in [0.1, 0.15) is 0 Å². The van der Waals surface area contributed by atoms with E-state index in [1.165, 1.54) is 0 Å². The number of hydrogen-bond donors (Lipinski definition) is 1. The normalized spacial score (nSPS) is 23.7. The number of sulfonamides is 1. The van der Waals surface area contributed by atoms with Crippen LogP contribution in [0.1, 0.15) is 20.8 Å². The molecule has 2 heterocycles. The van der Waals surface area contributed by atoms with Crippen LogP contribution in [0.5, 0.6) is 0 Å². The second kappa shape index (κ2) is 11.5. The lowest BCUT2D eigenvalue weighted by Gasteiger charge is -2.38. The summed E-state index contributed by atoms with van der Waals surface area (Å²) in [6.45, 7) is 13.1. The third kappa shape index (κ3) is 7.67. The van der Waals surface area contributed by atoms with Crippen LogP contribution in [0.4, 0.5) is 0 Å². The summed E-state index contributed by atoms with van der Waals surface area (Å²) in [5.41, 5.74) is 0. The minimum absolute atomic E-state index is 0.0425. The van der Waals surface area contributed by atoms with Crippen molar-refractivity contribution in [3.63, 3.8) is 0 Å². The lowest BCUT2D eigenvalue weighted by Crippen LogP contribution is -2.55. The molecule has 0 spiro atoms. The van der Waals surface area contributed by atoms with Gasteiger partial charge in [0.2, 0.25) is 10.0 Å². The van der Waals surface area contributed by atoms with Gasteiger partial charge < -0.3 is 19.9 Å². The molecule has 0 bridgehead atoms. The average molecular weight is 433 g/mol. The van der Waals surface area contributed by atoms with E-state index >= 15 is 0 Å². The van der Waals surface area contributed by atoms with Gasteiger partial charge in [0.15, 0.2) is 5.96 Å². The van der Waals surface area contributed by atoms with Crippen molar-refractivity contribution in [1.29, 1.82) is 0 Å². The summed E-state index contributed by atoms with van der Waals surface area (Å²) in [7, 11) is 1.04. The fourth-order valence-electron chi connectivity index (χ4n) is 3.61. The molecule has 2 aliphatic rings. The maximum absolute atomic E-state index is 12.5. The molecule has 0 amide bonds. The van der Waals surface area contributed by atoms with E-state index in [9.17, 15) is 8.42 Å². The number of aliphatic imine (C=N–C) groups is 1. The van der Waals surface area contributed by atoms with Gasteiger partial charge in [0, 0.05) is 58.4 Å². The molecule has 2 rings (SSSR count). The van der Waals surface area contributed by atoms with Crippen LogP contribution in [0, 0.1) is 0 Å². The van der Waals surface area contributed by atoms with Crippen LogP contribution in [-0.2, 0) is 14.8 Å². The van der Waals surface area contributed by atoms with Crippen LogP contribution in [0.3, 0.4) is 0 Å². The molecule has 29 heavy (non-hydrogen) atoms. The molecule has 0 aromatic rings. The molecule has 2 fully saturated rings. The van der Waals surface area contributed by atoms with Gasteiger partial charge in [-0.2, -0.15) is 4.31 Å². The van der Waals surface area contributed by atoms with Crippen LogP contribution in [0.2, 0.25) is 0 Å². The molecule has 2 saturated heterocycles. The Morgan fingerprint density at radius 1 is 1.14 bits per heavy atom. The van der Waals surface area contributed by atoms with E-state index in [0.717, 1.165) is 38.7 Å². The van der Waals surface area contributed by atoms with Gasteiger partial charge in [-0.15, -0.1) is 0 Å². The van der Waals surface area contributed by atoms with E-state index in [2.05, 4.69) is 41.0 Å². The van der Waals surface area contributed by atoms with E-state index in [-0.39, 0.29) is 18.5 Å². The van der Waals surface area contributed by atoms with Gasteiger partial charge in [0.25, 0.3) is 0 Å². The highest BCUT2D eigenvalue weighted by Gasteiger charge is 2.28. The molecule has 1 atom stereocenters. The van der Waals surface area contributed by atoms with Gasteiger partial charge in [-0.25, -0.2) is 8.42 Å². The van der Waals surface area contributed by atoms with Crippen molar-refractivity contribution in [3.8, 4) is 0 Å². The Bertz CT molecular complexity index is 619. The lowest BCUT2D eigenvalue weighted by molar-refractivity contribution is 0.0904. The Morgan fingerprint density at radius 3 is 2.45 bits per heavy atom. The van der Waals surface area contributed by atoms with E-state index in [4.69, 9.17) is 9.73 Å². The summed E-state index contributed by atoms with van der Waals surface area (Å²) in [6.07, 6.45) is 0.0453. The van der Waals surface area contributed by atoms with E-state index in [1.807, 2.05) is 13.8 Å². The monoisotopic (exact) mass is 432 g/mol. The van der Waals surface area contributed by atoms with E-state index in [0.29, 0.717) is 32.2 Å². The largest absolute Gasteiger partial charge is 0.378 e. The number of rotatable bonds is 8. The molecular weight excluding hydrogens is 392 g/mol. The standard InChI is InChI=1S/C19H40N6O3S/c1-6-20-19(21-15-18-16-22(4)7-8-23(18)5)24-9-11-25(12-10-24)29(26,27)14-13-28-17(2)3/h17-18H,6-16H2,1-5H3,(H,20,21). The summed E-state index contributed by atoms with van der Waals surface area (Å²) < 4.78 is 32.1. The molecule has 10 heteroatoms. The number of likely N-dealkylation sites (N-methyl/N-ethyl adjacent to an activating group) is 2. The molecular formula is C19H40N6O3S. The third-order valence-corrected chi connectivity index (χ3v) is 7.33. The molecule has 9 nitrogen and oxygen atoms in total. The summed E-state index contributed by atoms with van der Waals surface area (Å²) in [4.78, 5) is 11.8. The van der Waals surface area contributed by atoms with Crippen molar-refractivity contribution in [3.05, 3.63) is 0 Å². The van der Waals surface area contributed by atoms with Crippen molar-refractivity contribution >= 4 is 16.0 Å². The van der Waals surface area contributed by atoms with Gasteiger partial charge in [-0.1, -0.05) is 0 Å². The average Bonchev–Trinajstić information content (AvgIpc) is 2.67. The zero-order valence-corrected chi connectivity index (χ0v) is 19.6. The number of guanidine groups is 1. The van der Waals surface area contributed by atoms with Crippen molar-refractivity contribution in [2.45, 2.75) is 32.9 Å². The van der Waals surface area contributed by atoms with Gasteiger partial charge in [-0.05, 0) is 34.9 Å². The minimum Gasteiger partial charge on any atom is -0.378 e. The lowest BCUT2D eigenvalue weighted by atomic mass is 10.2. The van der Waals surface area contributed by atoms with Gasteiger partial charge >= 0.3 is 0 Å². The molecule has 0 aliphatic carbocycles. The van der Waals surface area contributed by atoms with Gasteiger partial charge in [-0.3, -0.25) is 9.89 Å². The maximum Gasteiger partial charge on any atom is 0.216 e.